The molecule has 2 heterocycles. The molecule has 2 aliphatic rings. The van der Waals surface area contributed by atoms with Gasteiger partial charge in [-0.1, -0.05) is 6.92 Å². The Morgan fingerprint density at radius 1 is 1.13 bits per heavy atom. The summed E-state index contributed by atoms with van der Waals surface area (Å²) < 4.78 is 27.4. The molecule has 15 heavy (non-hydrogen) atoms. The van der Waals surface area contributed by atoms with Gasteiger partial charge >= 0.3 is 0 Å². The molecule has 2 aliphatic heterocycles. The zero-order chi connectivity index (χ0) is 11.1. The lowest BCUT2D eigenvalue weighted by Gasteiger charge is -2.23. The minimum Gasteiger partial charge on any atom is -0.326 e. The van der Waals surface area contributed by atoms with E-state index in [0.29, 0.717) is 26.2 Å². The van der Waals surface area contributed by atoms with Crippen LogP contribution >= 0.6 is 0 Å². The first-order valence-corrected chi connectivity index (χ1v) is 6.92. The van der Waals surface area contributed by atoms with E-state index in [4.69, 9.17) is 5.73 Å². The molecule has 0 bridgehead atoms. The topological polar surface area (TPSA) is 66.6 Å². The maximum Gasteiger partial charge on any atom is 0.282 e. The fraction of sp³-hybridized carbons (Fsp3) is 1.00. The first-order valence-electron chi connectivity index (χ1n) is 5.52. The maximum absolute atomic E-state index is 12.1. The van der Waals surface area contributed by atoms with Gasteiger partial charge in [-0.05, 0) is 18.8 Å². The van der Waals surface area contributed by atoms with Crippen molar-refractivity contribution in [3.8, 4) is 0 Å². The molecule has 0 amide bonds. The first kappa shape index (κ1) is 11.3. The van der Waals surface area contributed by atoms with E-state index >= 15 is 0 Å². The third-order valence-electron chi connectivity index (χ3n) is 3.35. The molecular formula is C9H19N3O2S. The van der Waals surface area contributed by atoms with Crippen molar-refractivity contribution >= 4 is 10.2 Å². The summed E-state index contributed by atoms with van der Waals surface area (Å²) in [5.41, 5.74) is 5.84. The van der Waals surface area contributed by atoms with E-state index in [0.717, 1.165) is 12.8 Å². The van der Waals surface area contributed by atoms with Crippen molar-refractivity contribution in [3.63, 3.8) is 0 Å². The molecule has 2 unspecified atom stereocenters. The summed E-state index contributed by atoms with van der Waals surface area (Å²) in [7, 11) is -3.22. The van der Waals surface area contributed by atoms with Gasteiger partial charge in [-0.25, -0.2) is 0 Å². The van der Waals surface area contributed by atoms with Crippen LogP contribution in [0.2, 0.25) is 0 Å². The number of rotatable bonds is 2. The Morgan fingerprint density at radius 2 is 1.73 bits per heavy atom. The predicted molar refractivity (Wildman–Crippen MR) is 58.4 cm³/mol. The smallest absolute Gasteiger partial charge is 0.282 e. The molecule has 6 heteroatoms. The Kier molecular flexibility index (Phi) is 3.03. The second-order valence-corrected chi connectivity index (χ2v) is 6.50. The van der Waals surface area contributed by atoms with E-state index in [9.17, 15) is 8.42 Å². The van der Waals surface area contributed by atoms with Gasteiger partial charge in [0.05, 0.1) is 0 Å². The van der Waals surface area contributed by atoms with Crippen molar-refractivity contribution in [2.24, 2.45) is 11.7 Å². The summed E-state index contributed by atoms with van der Waals surface area (Å²) in [5, 5.41) is 0. The average Bonchev–Trinajstić information content (AvgIpc) is 2.77. The zero-order valence-corrected chi connectivity index (χ0v) is 9.91. The van der Waals surface area contributed by atoms with Crippen LogP contribution in [0.25, 0.3) is 0 Å². The summed E-state index contributed by atoms with van der Waals surface area (Å²) in [4.78, 5) is 0. The van der Waals surface area contributed by atoms with Gasteiger partial charge < -0.3 is 5.73 Å². The lowest BCUT2D eigenvalue weighted by molar-refractivity contribution is 0.391. The highest BCUT2D eigenvalue weighted by Crippen LogP contribution is 2.23. The number of hydrogen-bond acceptors (Lipinski definition) is 3. The van der Waals surface area contributed by atoms with Crippen LogP contribution in [-0.4, -0.2) is 49.2 Å². The van der Waals surface area contributed by atoms with Crippen LogP contribution in [0.1, 0.15) is 19.8 Å². The van der Waals surface area contributed by atoms with Gasteiger partial charge in [-0.15, -0.1) is 0 Å². The third-order valence-corrected chi connectivity index (χ3v) is 5.32. The number of nitrogens with zero attached hydrogens (tertiary/aromatic N) is 2. The van der Waals surface area contributed by atoms with Crippen LogP contribution in [0.15, 0.2) is 0 Å². The molecule has 88 valence electrons. The predicted octanol–water partition coefficient (Wildman–Crippen LogP) is -0.394. The van der Waals surface area contributed by atoms with Crippen LogP contribution in [0.3, 0.4) is 0 Å². The SMILES string of the molecule is CC1CN(S(=O)(=O)N2CCCC2)CC1N. The van der Waals surface area contributed by atoms with E-state index in [1.165, 1.54) is 4.31 Å². The van der Waals surface area contributed by atoms with E-state index in [2.05, 4.69) is 0 Å². The average molecular weight is 233 g/mol. The Balaban J connectivity index is 2.09. The molecular weight excluding hydrogens is 214 g/mol. The molecule has 0 spiro atoms. The molecule has 0 aromatic heterocycles. The van der Waals surface area contributed by atoms with Gasteiger partial charge in [-0.3, -0.25) is 0 Å². The minimum absolute atomic E-state index is 0.0117. The van der Waals surface area contributed by atoms with Crippen molar-refractivity contribution in [3.05, 3.63) is 0 Å². The lowest BCUT2D eigenvalue weighted by atomic mass is 10.1. The van der Waals surface area contributed by atoms with Crippen molar-refractivity contribution in [2.45, 2.75) is 25.8 Å². The minimum atomic E-state index is -3.22. The fourth-order valence-electron chi connectivity index (χ4n) is 2.22. The highest BCUT2D eigenvalue weighted by atomic mass is 32.2. The normalized spacial score (nSPS) is 35.1. The van der Waals surface area contributed by atoms with Crippen molar-refractivity contribution in [2.75, 3.05) is 26.2 Å². The fourth-order valence-corrected chi connectivity index (χ4v) is 4.05. The van der Waals surface area contributed by atoms with Crippen molar-refractivity contribution < 1.29 is 8.42 Å². The van der Waals surface area contributed by atoms with Crippen LogP contribution < -0.4 is 5.73 Å². The lowest BCUT2D eigenvalue weighted by Crippen LogP contribution is -2.42. The van der Waals surface area contributed by atoms with E-state index in [1.807, 2.05) is 6.92 Å². The number of nitrogens with two attached hydrogens (primary N) is 1. The van der Waals surface area contributed by atoms with E-state index in [1.54, 1.807) is 4.31 Å². The summed E-state index contributed by atoms with van der Waals surface area (Å²) in [5.74, 6) is 0.266. The molecule has 2 saturated heterocycles. The van der Waals surface area contributed by atoms with Gasteiger partial charge in [0, 0.05) is 32.2 Å². The first-order chi connectivity index (χ1) is 7.01. The Bertz CT molecular complexity index is 314. The summed E-state index contributed by atoms with van der Waals surface area (Å²) in [6.45, 7) is 4.38. The van der Waals surface area contributed by atoms with Crippen LogP contribution in [-0.2, 0) is 10.2 Å². The van der Waals surface area contributed by atoms with Gasteiger partial charge in [0.25, 0.3) is 10.2 Å². The molecule has 0 radical (unpaired) electrons. The van der Waals surface area contributed by atoms with E-state index in [-0.39, 0.29) is 12.0 Å². The Hall–Kier alpha value is -0.170. The standard InChI is InChI=1S/C9H19N3O2S/c1-8-6-12(7-9(8)10)15(13,14)11-4-2-3-5-11/h8-9H,2-7,10H2,1H3. The summed E-state index contributed by atoms with van der Waals surface area (Å²) in [6.07, 6.45) is 1.96. The van der Waals surface area contributed by atoms with Crippen molar-refractivity contribution in [1.82, 2.24) is 8.61 Å². The van der Waals surface area contributed by atoms with Crippen LogP contribution in [0.4, 0.5) is 0 Å². The molecule has 2 fully saturated rings. The molecule has 5 nitrogen and oxygen atoms in total. The molecule has 2 rings (SSSR count). The summed E-state index contributed by atoms with van der Waals surface area (Å²) in [6, 6.07) is -0.0117. The quantitative estimate of drug-likeness (QED) is 0.706. The second-order valence-electron chi connectivity index (χ2n) is 4.57. The molecule has 0 aromatic rings. The molecule has 2 atom stereocenters. The van der Waals surface area contributed by atoms with Gasteiger partial charge in [0.2, 0.25) is 0 Å². The molecule has 0 aromatic carbocycles. The Morgan fingerprint density at radius 3 is 2.20 bits per heavy atom. The third kappa shape index (κ3) is 2.04. The second kappa shape index (κ2) is 4.01. The molecule has 2 N–H and O–H groups in total. The largest absolute Gasteiger partial charge is 0.326 e. The Labute approximate surface area is 91.4 Å². The van der Waals surface area contributed by atoms with Crippen molar-refractivity contribution in [1.29, 1.82) is 0 Å². The summed E-state index contributed by atoms with van der Waals surface area (Å²) >= 11 is 0. The van der Waals surface area contributed by atoms with Gasteiger partial charge in [0.15, 0.2) is 0 Å². The monoisotopic (exact) mass is 233 g/mol. The molecule has 0 aliphatic carbocycles. The van der Waals surface area contributed by atoms with Crippen LogP contribution in [0.5, 0.6) is 0 Å². The highest BCUT2D eigenvalue weighted by Gasteiger charge is 2.38. The van der Waals surface area contributed by atoms with Gasteiger partial charge in [0.1, 0.15) is 0 Å². The van der Waals surface area contributed by atoms with Crippen LogP contribution in [0, 0.1) is 5.92 Å². The molecule has 0 saturated carbocycles. The number of hydrogen-bond donors (Lipinski definition) is 1. The highest BCUT2D eigenvalue weighted by molar-refractivity contribution is 7.86. The zero-order valence-electron chi connectivity index (χ0n) is 9.09. The maximum atomic E-state index is 12.1. The van der Waals surface area contributed by atoms with Gasteiger partial charge in [-0.2, -0.15) is 17.0 Å². The van der Waals surface area contributed by atoms with E-state index < -0.39 is 10.2 Å².